The van der Waals surface area contributed by atoms with Crippen molar-refractivity contribution in [1.29, 1.82) is 0 Å². The number of hydrogen-bond donors (Lipinski definition) is 0. The van der Waals surface area contributed by atoms with Crippen LogP contribution in [-0.4, -0.2) is 4.98 Å². The first-order valence-corrected chi connectivity index (χ1v) is 3.85. The van der Waals surface area contributed by atoms with E-state index in [0.717, 1.165) is 5.51 Å². The molecule has 1 heterocycles. The molecular weight excluding hydrogens is 231 g/mol. The van der Waals surface area contributed by atoms with Crippen LogP contribution in [0, 0.1) is 0 Å². The van der Waals surface area contributed by atoms with Gasteiger partial charge in [-0.1, -0.05) is 0 Å². The van der Waals surface area contributed by atoms with Crippen molar-refractivity contribution in [3.05, 3.63) is 15.0 Å². The minimum absolute atomic E-state index is 0.134. The zero-order chi connectivity index (χ0) is 7.78. The maximum atomic E-state index is 11.8. The highest BCUT2D eigenvalue weighted by molar-refractivity contribution is 9.10. The van der Waals surface area contributed by atoms with Gasteiger partial charge in [0.15, 0.2) is 0 Å². The largest absolute Gasteiger partial charge is 0.428 e. The van der Waals surface area contributed by atoms with E-state index in [4.69, 9.17) is 0 Å². The monoisotopic (exact) mass is 231 g/mol. The minimum atomic E-state index is -4.28. The van der Waals surface area contributed by atoms with Gasteiger partial charge in [-0.25, -0.2) is 4.98 Å². The molecule has 1 rings (SSSR count). The Morgan fingerprint density at radius 1 is 1.50 bits per heavy atom. The van der Waals surface area contributed by atoms with Crippen LogP contribution in [0.5, 0.6) is 0 Å². The van der Waals surface area contributed by atoms with Crippen LogP contribution in [0.15, 0.2) is 10.1 Å². The molecule has 0 bridgehead atoms. The maximum Gasteiger partial charge on any atom is 0.428 e. The van der Waals surface area contributed by atoms with E-state index < -0.39 is 11.1 Å². The first kappa shape index (κ1) is 8.00. The molecule has 0 amide bonds. The highest BCUT2D eigenvalue weighted by atomic mass is 79.9. The van der Waals surface area contributed by atoms with Crippen molar-refractivity contribution >= 4 is 27.3 Å². The van der Waals surface area contributed by atoms with Crippen molar-refractivity contribution in [2.75, 3.05) is 0 Å². The maximum absolute atomic E-state index is 11.8. The molecule has 1 nitrogen and oxygen atoms in total. The van der Waals surface area contributed by atoms with E-state index in [1.807, 2.05) is 0 Å². The second-order valence-corrected chi connectivity index (χ2v) is 3.08. The minimum Gasteiger partial charge on any atom is -0.237 e. The molecule has 56 valence electrons. The number of thiazole rings is 1. The standard InChI is InChI=1S/C4HBrF3NS/c5-3-2(4(6,7)8)10-1-9-3/h1H. The first-order chi connectivity index (χ1) is 4.52. The number of nitrogens with zero attached hydrogens (tertiary/aromatic N) is 1. The van der Waals surface area contributed by atoms with Gasteiger partial charge in [0.2, 0.25) is 0 Å². The van der Waals surface area contributed by atoms with E-state index in [1.54, 1.807) is 0 Å². The van der Waals surface area contributed by atoms with Crippen molar-refractivity contribution in [2.24, 2.45) is 0 Å². The van der Waals surface area contributed by atoms with Crippen molar-refractivity contribution in [3.8, 4) is 0 Å². The summed E-state index contributed by atoms with van der Waals surface area (Å²) in [4.78, 5) is 2.71. The fourth-order valence-corrected chi connectivity index (χ4v) is 1.71. The molecule has 0 fully saturated rings. The van der Waals surface area contributed by atoms with Gasteiger partial charge in [-0.3, -0.25) is 0 Å². The van der Waals surface area contributed by atoms with E-state index in [9.17, 15) is 13.2 Å². The highest BCUT2D eigenvalue weighted by Crippen LogP contribution is 2.36. The van der Waals surface area contributed by atoms with Crippen LogP contribution in [0.2, 0.25) is 0 Å². The molecule has 1 aromatic heterocycles. The lowest BCUT2D eigenvalue weighted by Gasteiger charge is -2.00. The van der Waals surface area contributed by atoms with Gasteiger partial charge in [0.05, 0.1) is 5.51 Å². The van der Waals surface area contributed by atoms with Gasteiger partial charge in [0, 0.05) is 0 Å². The van der Waals surface area contributed by atoms with Crippen LogP contribution < -0.4 is 0 Å². The predicted octanol–water partition coefficient (Wildman–Crippen LogP) is 2.92. The van der Waals surface area contributed by atoms with Crippen molar-refractivity contribution in [1.82, 2.24) is 4.98 Å². The molecule has 0 spiro atoms. The number of rotatable bonds is 0. The van der Waals surface area contributed by atoms with Gasteiger partial charge in [-0.15, -0.1) is 11.3 Å². The summed E-state index contributed by atoms with van der Waals surface area (Å²) in [5, 5.41) is 0. The Morgan fingerprint density at radius 3 is 2.30 bits per heavy atom. The average molecular weight is 232 g/mol. The van der Waals surface area contributed by atoms with Crippen LogP contribution in [0.25, 0.3) is 0 Å². The van der Waals surface area contributed by atoms with E-state index in [1.165, 1.54) is 0 Å². The normalized spacial score (nSPS) is 12.0. The molecule has 0 N–H and O–H groups in total. The zero-order valence-electron chi connectivity index (χ0n) is 4.44. The lowest BCUT2D eigenvalue weighted by Crippen LogP contribution is -2.02. The van der Waals surface area contributed by atoms with Crippen LogP contribution in [-0.2, 0) is 6.18 Å². The zero-order valence-corrected chi connectivity index (χ0v) is 6.85. The Kier molecular flexibility index (Phi) is 2.00. The molecule has 0 saturated carbocycles. The quantitative estimate of drug-likeness (QED) is 0.670. The molecule has 10 heavy (non-hydrogen) atoms. The van der Waals surface area contributed by atoms with Gasteiger partial charge < -0.3 is 0 Å². The topological polar surface area (TPSA) is 12.9 Å². The summed E-state index contributed by atoms with van der Waals surface area (Å²) in [6.45, 7) is 0. The van der Waals surface area contributed by atoms with E-state index in [2.05, 4.69) is 20.9 Å². The van der Waals surface area contributed by atoms with Crippen molar-refractivity contribution < 1.29 is 13.2 Å². The van der Waals surface area contributed by atoms with E-state index >= 15 is 0 Å². The molecule has 0 aliphatic rings. The number of hydrogen-bond acceptors (Lipinski definition) is 2. The van der Waals surface area contributed by atoms with Gasteiger partial charge in [-0.05, 0) is 15.9 Å². The lowest BCUT2D eigenvalue weighted by molar-refractivity contribution is -0.135. The highest BCUT2D eigenvalue weighted by Gasteiger charge is 2.35. The van der Waals surface area contributed by atoms with Crippen LogP contribution in [0.1, 0.15) is 4.88 Å². The lowest BCUT2D eigenvalue weighted by atomic mass is 10.5. The molecule has 0 aliphatic heterocycles. The Labute approximate surface area is 67.0 Å². The number of halogens is 4. The van der Waals surface area contributed by atoms with Gasteiger partial charge in [0.1, 0.15) is 9.48 Å². The predicted molar refractivity (Wildman–Crippen MR) is 34.8 cm³/mol. The summed E-state index contributed by atoms with van der Waals surface area (Å²) in [7, 11) is 0. The van der Waals surface area contributed by atoms with Gasteiger partial charge in [-0.2, -0.15) is 13.2 Å². The summed E-state index contributed by atoms with van der Waals surface area (Å²) in [5.74, 6) is 0. The number of alkyl halides is 3. The molecule has 6 heteroatoms. The summed E-state index contributed by atoms with van der Waals surface area (Å²) in [5.41, 5.74) is 1.15. The third kappa shape index (κ3) is 1.49. The third-order valence-electron chi connectivity index (χ3n) is 0.781. The Balaban J connectivity index is 3.05. The van der Waals surface area contributed by atoms with Crippen molar-refractivity contribution in [3.63, 3.8) is 0 Å². The average Bonchev–Trinajstić information content (AvgIpc) is 2.11. The molecule has 0 aromatic carbocycles. The summed E-state index contributed by atoms with van der Waals surface area (Å²) in [6.07, 6.45) is -4.28. The fourth-order valence-electron chi connectivity index (χ4n) is 0.416. The number of aromatic nitrogens is 1. The van der Waals surface area contributed by atoms with E-state index in [0.29, 0.717) is 11.3 Å². The summed E-state index contributed by atoms with van der Waals surface area (Å²) >= 11 is 3.25. The molecule has 1 aromatic rings. The van der Waals surface area contributed by atoms with Crippen molar-refractivity contribution in [2.45, 2.75) is 6.18 Å². The van der Waals surface area contributed by atoms with Crippen LogP contribution >= 0.6 is 27.3 Å². The molecule has 0 saturated heterocycles. The third-order valence-corrected chi connectivity index (χ3v) is 2.52. The molecule has 0 atom stereocenters. The second-order valence-electron chi connectivity index (χ2n) is 1.47. The Bertz CT molecular complexity index is 231. The first-order valence-electron chi connectivity index (χ1n) is 2.18. The molecule has 0 radical (unpaired) electrons. The van der Waals surface area contributed by atoms with Crippen LogP contribution in [0.4, 0.5) is 13.2 Å². The fraction of sp³-hybridized carbons (Fsp3) is 0.250. The smallest absolute Gasteiger partial charge is 0.237 e. The molecular formula is C4HBrF3NS. The van der Waals surface area contributed by atoms with Crippen LogP contribution in [0.3, 0.4) is 0 Å². The summed E-state index contributed by atoms with van der Waals surface area (Å²) < 4.78 is 35.3. The second kappa shape index (κ2) is 2.50. The van der Waals surface area contributed by atoms with Gasteiger partial charge in [0.25, 0.3) is 0 Å². The summed E-state index contributed by atoms with van der Waals surface area (Å²) in [6, 6.07) is 0. The van der Waals surface area contributed by atoms with E-state index in [-0.39, 0.29) is 4.60 Å². The Morgan fingerprint density at radius 2 is 2.10 bits per heavy atom. The molecule has 0 unspecified atom stereocenters. The van der Waals surface area contributed by atoms with Gasteiger partial charge >= 0.3 is 6.18 Å². The SMILES string of the molecule is FC(F)(F)c1scnc1Br. The Hall–Kier alpha value is -0.100. The molecule has 0 aliphatic carbocycles.